The first-order chi connectivity index (χ1) is 9.15. The molecule has 0 aromatic heterocycles. The van der Waals surface area contributed by atoms with Gasteiger partial charge in [0.2, 0.25) is 0 Å². The molecule has 1 fully saturated rings. The Hall–Kier alpha value is -1.22. The Balaban J connectivity index is 1.97. The first-order valence-electron chi connectivity index (χ1n) is 7.48. The molecule has 3 nitrogen and oxygen atoms in total. The standard InChI is InChI=1S/C16H25N3/c1-18(2)14-6-5-12-9-13(17)10-16(15(12)11-14)19-7-3-4-8-19/h9-10,14H,3-8,11,17H2,1-2H3. The van der Waals surface area contributed by atoms with Gasteiger partial charge in [-0.1, -0.05) is 0 Å². The van der Waals surface area contributed by atoms with E-state index in [0.29, 0.717) is 6.04 Å². The summed E-state index contributed by atoms with van der Waals surface area (Å²) in [4.78, 5) is 4.90. The van der Waals surface area contributed by atoms with E-state index in [1.54, 1.807) is 5.56 Å². The third kappa shape index (κ3) is 2.44. The van der Waals surface area contributed by atoms with Gasteiger partial charge in [-0.25, -0.2) is 0 Å². The van der Waals surface area contributed by atoms with E-state index in [4.69, 9.17) is 5.73 Å². The summed E-state index contributed by atoms with van der Waals surface area (Å²) in [6.07, 6.45) is 6.24. The number of likely N-dealkylation sites (N-methyl/N-ethyl adjacent to an activating group) is 1. The van der Waals surface area contributed by atoms with Crippen LogP contribution in [-0.2, 0) is 12.8 Å². The number of fused-ring (bicyclic) bond motifs is 1. The van der Waals surface area contributed by atoms with Crippen molar-refractivity contribution >= 4 is 11.4 Å². The van der Waals surface area contributed by atoms with Gasteiger partial charge in [-0.3, -0.25) is 0 Å². The Kier molecular flexibility index (Phi) is 3.40. The van der Waals surface area contributed by atoms with Crippen LogP contribution < -0.4 is 10.6 Å². The fraction of sp³-hybridized carbons (Fsp3) is 0.625. The number of nitrogens with zero attached hydrogens (tertiary/aromatic N) is 2. The van der Waals surface area contributed by atoms with Gasteiger partial charge in [0.25, 0.3) is 0 Å². The molecule has 0 saturated carbocycles. The third-order valence-corrected chi connectivity index (χ3v) is 4.70. The maximum Gasteiger partial charge on any atom is 0.0422 e. The topological polar surface area (TPSA) is 32.5 Å². The average Bonchev–Trinajstić information content (AvgIpc) is 2.90. The summed E-state index contributed by atoms with van der Waals surface area (Å²) >= 11 is 0. The van der Waals surface area contributed by atoms with Gasteiger partial charge in [0.05, 0.1) is 0 Å². The predicted molar refractivity (Wildman–Crippen MR) is 81.8 cm³/mol. The van der Waals surface area contributed by atoms with Crippen molar-refractivity contribution in [3.63, 3.8) is 0 Å². The van der Waals surface area contributed by atoms with Crippen molar-refractivity contribution in [1.29, 1.82) is 0 Å². The Morgan fingerprint density at radius 1 is 1.21 bits per heavy atom. The molecule has 1 aromatic rings. The van der Waals surface area contributed by atoms with Crippen LogP contribution in [0.1, 0.15) is 30.4 Å². The molecule has 0 radical (unpaired) electrons. The van der Waals surface area contributed by atoms with Crippen molar-refractivity contribution in [3.05, 3.63) is 23.3 Å². The molecule has 2 aliphatic rings. The molecule has 0 spiro atoms. The lowest BCUT2D eigenvalue weighted by Crippen LogP contribution is -2.34. The van der Waals surface area contributed by atoms with E-state index in [1.807, 2.05) is 0 Å². The maximum atomic E-state index is 6.11. The molecule has 3 rings (SSSR count). The number of benzene rings is 1. The molecular formula is C16H25N3. The summed E-state index contributed by atoms with van der Waals surface area (Å²) in [6, 6.07) is 5.07. The van der Waals surface area contributed by atoms with E-state index in [-0.39, 0.29) is 0 Å². The molecule has 1 aliphatic heterocycles. The second-order valence-electron chi connectivity index (χ2n) is 6.23. The maximum absolute atomic E-state index is 6.11. The van der Waals surface area contributed by atoms with E-state index in [0.717, 1.165) is 5.69 Å². The minimum atomic E-state index is 0.678. The van der Waals surface area contributed by atoms with Gasteiger partial charge in [-0.15, -0.1) is 0 Å². The van der Waals surface area contributed by atoms with E-state index in [1.165, 1.54) is 56.4 Å². The summed E-state index contributed by atoms with van der Waals surface area (Å²) in [5, 5.41) is 0. The highest BCUT2D eigenvalue weighted by Gasteiger charge is 2.25. The predicted octanol–water partition coefficient (Wildman–Crippen LogP) is 2.29. The molecule has 1 atom stereocenters. The number of hydrogen-bond acceptors (Lipinski definition) is 3. The van der Waals surface area contributed by atoms with Crippen molar-refractivity contribution in [1.82, 2.24) is 4.90 Å². The van der Waals surface area contributed by atoms with Gasteiger partial charge in [0.1, 0.15) is 0 Å². The molecule has 1 aromatic carbocycles. The van der Waals surface area contributed by atoms with Crippen molar-refractivity contribution in [3.8, 4) is 0 Å². The highest BCUT2D eigenvalue weighted by atomic mass is 15.1. The lowest BCUT2D eigenvalue weighted by Gasteiger charge is -2.33. The number of nitrogens with two attached hydrogens (primary N) is 1. The van der Waals surface area contributed by atoms with Crippen LogP contribution in [0.2, 0.25) is 0 Å². The fourth-order valence-corrected chi connectivity index (χ4v) is 3.54. The molecule has 1 unspecified atom stereocenters. The number of nitrogen functional groups attached to an aromatic ring is 1. The quantitative estimate of drug-likeness (QED) is 0.827. The smallest absolute Gasteiger partial charge is 0.0422 e. The highest BCUT2D eigenvalue weighted by Crippen LogP contribution is 2.35. The zero-order valence-electron chi connectivity index (χ0n) is 12.2. The van der Waals surface area contributed by atoms with Gasteiger partial charge < -0.3 is 15.5 Å². The first-order valence-corrected chi connectivity index (χ1v) is 7.48. The lowest BCUT2D eigenvalue weighted by atomic mass is 9.86. The Labute approximate surface area is 116 Å². The molecule has 0 amide bonds. The summed E-state index contributed by atoms with van der Waals surface area (Å²) in [5.74, 6) is 0. The lowest BCUT2D eigenvalue weighted by molar-refractivity contribution is 0.268. The van der Waals surface area contributed by atoms with Crippen LogP contribution in [0.3, 0.4) is 0 Å². The number of hydrogen-bond donors (Lipinski definition) is 1. The van der Waals surface area contributed by atoms with Gasteiger partial charge in [-0.2, -0.15) is 0 Å². The zero-order valence-corrected chi connectivity index (χ0v) is 12.2. The number of aryl methyl sites for hydroxylation is 1. The highest BCUT2D eigenvalue weighted by molar-refractivity contribution is 5.65. The number of rotatable bonds is 2. The van der Waals surface area contributed by atoms with E-state index in [9.17, 15) is 0 Å². The molecule has 0 bridgehead atoms. The monoisotopic (exact) mass is 259 g/mol. The average molecular weight is 259 g/mol. The molecular weight excluding hydrogens is 234 g/mol. The molecule has 1 saturated heterocycles. The normalized spacial score (nSPS) is 22.9. The Morgan fingerprint density at radius 3 is 2.63 bits per heavy atom. The van der Waals surface area contributed by atoms with Crippen molar-refractivity contribution in [2.75, 3.05) is 37.8 Å². The molecule has 1 aliphatic carbocycles. The molecule has 2 N–H and O–H groups in total. The second kappa shape index (κ2) is 5.04. The van der Waals surface area contributed by atoms with Gasteiger partial charge in [0, 0.05) is 30.5 Å². The van der Waals surface area contributed by atoms with E-state index >= 15 is 0 Å². The minimum absolute atomic E-state index is 0.678. The molecule has 19 heavy (non-hydrogen) atoms. The van der Waals surface area contributed by atoms with Gasteiger partial charge in [0.15, 0.2) is 0 Å². The SMILES string of the molecule is CN(C)C1CCc2cc(N)cc(N3CCCC3)c2C1. The van der Waals surface area contributed by atoms with Crippen molar-refractivity contribution in [2.45, 2.75) is 38.1 Å². The van der Waals surface area contributed by atoms with Crippen LogP contribution in [0.25, 0.3) is 0 Å². The van der Waals surface area contributed by atoms with Crippen LogP contribution in [0.4, 0.5) is 11.4 Å². The van der Waals surface area contributed by atoms with Crippen LogP contribution in [0, 0.1) is 0 Å². The molecule has 104 valence electrons. The Bertz CT molecular complexity index is 461. The van der Waals surface area contributed by atoms with Crippen LogP contribution in [0.15, 0.2) is 12.1 Å². The molecule has 3 heteroatoms. The summed E-state index contributed by atoms with van der Waals surface area (Å²) in [7, 11) is 4.39. The summed E-state index contributed by atoms with van der Waals surface area (Å²) in [6.45, 7) is 2.39. The summed E-state index contributed by atoms with van der Waals surface area (Å²) < 4.78 is 0. The third-order valence-electron chi connectivity index (χ3n) is 4.70. The van der Waals surface area contributed by atoms with Crippen molar-refractivity contribution in [2.24, 2.45) is 0 Å². The minimum Gasteiger partial charge on any atom is -0.399 e. The van der Waals surface area contributed by atoms with Crippen LogP contribution in [-0.4, -0.2) is 38.1 Å². The van der Waals surface area contributed by atoms with E-state index in [2.05, 4.69) is 36.0 Å². The zero-order chi connectivity index (χ0) is 13.4. The first kappa shape index (κ1) is 12.8. The summed E-state index contributed by atoms with van der Waals surface area (Å²) in [5.41, 5.74) is 11.5. The number of anilines is 2. The van der Waals surface area contributed by atoms with Crippen molar-refractivity contribution < 1.29 is 0 Å². The fourth-order valence-electron chi connectivity index (χ4n) is 3.54. The largest absolute Gasteiger partial charge is 0.399 e. The van der Waals surface area contributed by atoms with Crippen LogP contribution in [0.5, 0.6) is 0 Å². The molecule has 1 heterocycles. The Morgan fingerprint density at radius 2 is 1.95 bits per heavy atom. The van der Waals surface area contributed by atoms with Crippen LogP contribution >= 0.6 is 0 Å². The van der Waals surface area contributed by atoms with E-state index < -0.39 is 0 Å². The second-order valence-corrected chi connectivity index (χ2v) is 6.23. The van der Waals surface area contributed by atoms with Gasteiger partial charge >= 0.3 is 0 Å². The van der Waals surface area contributed by atoms with Gasteiger partial charge in [-0.05, 0) is 69.5 Å².